The Hall–Kier alpha value is -1.83. The first-order chi connectivity index (χ1) is 11.6. The van der Waals surface area contributed by atoms with Crippen molar-refractivity contribution in [3.05, 3.63) is 40.4 Å². The third-order valence-corrected chi connectivity index (χ3v) is 5.01. The number of rotatable bonds is 5. The number of carbonyl (C=O) groups excluding carboxylic acids is 1. The van der Waals surface area contributed by atoms with E-state index in [-0.39, 0.29) is 5.91 Å². The molecular weight excluding hydrogens is 322 g/mol. The molecule has 0 aliphatic carbocycles. The molecule has 2 aromatic rings. The molecule has 0 bridgehead atoms. The van der Waals surface area contributed by atoms with E-state index in [0.717, 1.165) is 37.7 Å². The predicted molar refractivity (Wildman–Crippen MR) is 96.2 cm³/mol. The zero-order chi connectivity index (χ0) is 16.9. The van der Waals surface area contributed by atoms with Crippen LogP contribution in [0, 0.1) is 13.8 Å². The van der Waals surface area contributed by atoms with E-state index in [1.807, 2.05) is 6.92 Å². The maximum atomic E-state index is 12.1. The van der Waals surface area contributed by atoms with E-state index in [2.05, 4.69) is 56.5 Å². The molecule has 7 heteroatoms. The molecule has 1 saturated heterocycles. The van der Waals surface area contributed by atoms with E-state index in [9.17, 15) is 4.79 Å². The maximum absolute atomic E-state index is 12.1. The molecule has 3 rings (SSSR count). The summed E-state index contributed by atoms with van der Waals surface area (Å²) in [6, 6.07) is 8.53. The molecule has 0 unspecified atom stereocenters. The van der Waals surface area contributed by atoms with Gasteiger partial charge in [-0.15, -0.1) is 10.2 Å². The lowest BCUT2D eigenvalue weighted by Crippen LogP contribution is -2.48. The lowest BCUT2D eigenvalue weighted by Gasteiger charge is -2.34. The number of anilines is 1. The number of amides is 1. The molecule has 6 nitrogen and oxygen atoms in total. The van der Waals surface area contributed by atoms with E-state index in [0.29, 0.717) is 11.7 Å². The van der Waals surface area contributed by atoms with Crippen molar-refractivity contribution in [1.82, 2.24) is 20.0 Å². The van der Waals surface area contributed by atoms with Crippen LogP contribution in [-0.2, 0) is 11.3 Å². The van der Waals surface area contributed by atoms with Crippen LogP contribution in [0.2, 0.25) is 0 Å². The molecule has 0 atom stereocenters. The summed E-state index contributed by atoms with van der Waals surface area (Å²) in [5, 5.41) is 12.1. The second kappa shape index (κ2) is 7.83. The fourth-order valence-electron chi connectivity index (χ4n) is 2.84. The zero-order valence-electron chi connectivity index (χ0n) is 14.2. The highest BCUT2D eigenvalue weighted by Gasteiger charge is 2.19. The third-order valence-electron chi connectivity index (χ3n) is 4.26. The van der Waals surface area contributed by atoms with Crippen molar-refractivity contribution in [2.75, 3.05) is 38.0 Å². The molecule has 1 aromatic heterocycles. The van der Waals surface area contributed by atoms with Crippen LogP contribution in [-0.4, -0.2) is 58.6 Å². The van der Waals surface area contributed by atoms with Crippen LogP contribution in [0.25, 0.3) is 0 Å². The zero-order valence-corrected chi connectivity index (χ0v) is 15.0. The first kappa shape index (κ1) is 17.0. The third kappa shape index (κ3) is 4.59. The van der Waals surface area contributed by atoms with Gasteiger partial charge in [0.2, 0.25) is 11.0 Å². The average Bonchev–Trinajstić information content (AvgIpc) is 2.96. The molecule has 128 valence electrons. The Bertz CT molecular complexity index is 694. The summed E-state index contributed by atoms with van der Waals surface area (Å²) in [6.45, 7) is 9.22. The molecule has 24 heavy (non-hydrogen) atoms. The molecule has 1 fully saturated rings. The Morgan fingerprint density at radius 1 is 1.12 bits per heavy atom. The summed E-state index contributed by atoms with van der Waals surface area (Å²) in [7, 11) is 0. The van der Waals surface area contributed by atoms with Crippen molar-refractivity contribution in [1.29, 1.82) is 0 Å². The van der Waals surface area contributed by atoms with Gasteiger partial charge in [0.25, 0.3) is 0 Å². The number of hydrogen-bond donors (Lipinski definition) is 1. The van der Waals surface area contributed by atoms with Crippen molar-refractivity contribution in [3.8, 4) is 0 Å². The molecule has 1 aliphatic rings. The standard InChI is InChI=1S/C17H23N5OS/c1-13-5-3-4-6-15(13)11-21-7-9-22(10-8-21)12-16(23)18-17-20-19-14(2)24-17/h3-6H,7-12H2,1-2H3,(H,18,20,23). The fourth-order valence-corrected chi connectivity index (χ4v) is 3.45. The number of piperazine rings is 1. The Morgan fingerprint density at radius 3 is 2.50 bits per heavy atom. The second-order valence-corrected chi connectivity index (χ2v) is 7.33. The number of aromatic nitrogens is 2. The number of aryl methyl sites for hydroxylation is 2. The topological polar surface area (TPSA) is 61.4 Å². The van der Waals surface area contributed by atoms with E-state index in [1.54, 1.807) is 0 Å². The Labute approximate surface area is 146 Å². The summed E-state index contributed by atoms with van der Waals surface area (Å²) >= 11 is 1.40. The van der Waals surface area contributed by atoms with E-state index in [4.69, 9.17) is 0 Å². The summed E-state index contributed by atoms with van der Waals surface area (Å²) < 4.78 is 0. The summed E-state index contributed by atoms with van der Waals surface area (Å²) in [5.41, 5.74) is 2.72. The summed E-state index contributed by atoms with van der Waals surface area (Å²) in [5.74, 6) is -0.0153. The van der Waals surface area contributed by atoms with Gasteiger partial charge in [-0.2, -0.15) is 0 Å². The van der Waals surface area contributed by atoms with Crippen LogP contribution in [0.5, 0.6) is 0 Å². The minimum atomic E-state index is -0.0153. The number of nitrogens with one attached hydrogen (secondary N) is 1. The first-order valence-corrected chi connectivity index (χ1v) is 9.01. The van der Waals surface area contributed by atoms with Gasteiger partial charge >= 0.3 is 0 Å². The van der Waals surface area contributed by atoms with Gasteiger partial charge in [0.15, 0.2) is 0 Å². The average molecular weight is 345 g/mol. The lowest BCUT2D eigenvalue weighted by atomic mass is 10.1. The van der Waals surface area contributed by atoms with Gasteiger partial charge in [-0.1, -0.05) is 35.6 Å². The van der Waals surface area contributed by atoms with Crippen LogP contribution >= 0.6 is 11.3 Å². The smallest absolute Gasteiger partial charge is 0.240 e. The summed E-state index contributed by atoms with van der Waals surface area (Å²) in [6.07, 6.45) is 0. The van der Waals surface area contributed by atoms with E-state index in [1.165, 1.54) is 22.5 Å². The lowest BCUT2D eigenvalue weighted by molar-refractivity contribution is -0.117. The highest BCUT2D eigenvalue weighted by molar-refractivity contribution is 7.15. The molecule has 1 aromatic carbocycles. The molecule has 1 aliphatic heterocycles. The van der Waals surface area contributed by atoms with Crippen molar-refractivity contribution < 1.29 is 4.79 Å². The Kier molecular flexibility index (Phi) is 5.55. The Morgan fingerprint density at radius 2 is 1.83 bits per heavy atom. The van der Waals surface area contributed by atoms with Crippen LogP contribution in [0.4, 0.5) is 5.13 Å². The quantitative estimate of drug-likeness (QED) is 0.897. The Balaban J connectivity index is 1.43. The number of carbonyl (C=O) groups is 1. The van der Waals surface area contributed by atoms with Crippen molar-refractivity contribution in [2.24, 2.45) is 0 Å². The summed E-state index contributed by atoms with van der Waals surface area (Å²) in [4.78, 5) is 16.7. The van der Waals surface area contributed by atoms with Gasteiger partial charge in [-0.05, 0) is 25.0 Å². The fraction of sp³-hybridized carbons (Fsp3) is 0.471. The highest BCUT2D eigenvalue weighted by atomic mass is 32.1. The number of hydrogen-bond acceptors (Lipinski definition) is 6. The normalized spacial score (nSPS) is 16.2. The minimum absolute atomic E-state index is 0.0153. The van der Waals surface area contributed by atoms with Crippen molar-refractivity contribution >= 4 is 22.4 Å². The molecule has 2 heterocycles. The van der Waals surface area contributed by atoms with Gasteiger partial charge in [0.05, 0.1) is 6.54 Å². The highest BCUT2D eigenvalue weighted by Crippen LogP contribution is 2.14. The van der Waals surface area contributed by atoms with Gasteiger partial charge in [-0.25, -0.2) is 0 Å². The van der Waals surface area contributed by atoms with Crippen molar-refractivity contribution in [2.45, 2.75) is 20.4 Å². The SMILES string of the molecule is Cc1nnc(NC(=O)CN2CCN(Cc3ccccc3C)CC2)s1. The molecule has 0 saturated carbocycles. The molecule has 1 N–H and O–H groups in total. The van der Waals surface area contributed by atoms with E-state index >= 15 is 0 Å². The van der Waals surface area contributed by atoms with Crippen LogP contribution in [0.3, 0.4) is 0 Å². The molecule has 0 radical (unpaired) electrons. The van der Waals surface area contributed by atoms with Gasteiger partial charge < -0.3 is 0 Å². The monoisotopic (exact) mass is 345 g/mol. The molecule has 1 amide bonds. The van der Waals surface area contributed by atoms with Gasteiger partial charge in [0.1, 0.15) is 5.01 Å². The number of nitrogens with zero attached hydrogens (tertiary/aromatic N) is 4. The van der Waals surface area contributed by atoms with Crippen molar-refractivity contribution in [3.63, 3.8) is 0 Å². The second-order valence-electron chi connectivity index (χ2n) is 6.15. The molecule has 0 spiro atoms. The van der Waals surface area contributed by atoms with Gasteiger partial charge in [-0.3, -0.25) is 19.9 Å². The van der Waals surface area contributed by atoms with Gasteiger partial charge in [0, 0.05) is 32.7 Å². The van der Waals surface area contributed by atoms with Crippen LogP contribution in [0.15, 0.2) is 24.3 Å². The van der Waals surface area contributed by atoms with Crippen LogP contribution in [0.1, 0.15) is 16.1 Å². The van der Waals surface area contributed by atoms with E-state index < -0.39 is 0 Å². The minimum Gasteiger partial charge on any atom is -0.299 e. The molecular formula is C17H23N5OS. The number of benzene rings is 1. The first-order valence-electron chi connectivity index (χ1n) is 8.19. The maximum Gasteiger partial charge on any atom is 0.240 e. The predicted octanol–water partition coefficient (Wildman–Crippen LogP) is 1.91. The van der Waals surface area contributed by atoms with Crippen LogP contribution < -0.4 is 5.32 Å². The largest absolute Gasteiger partial charge is 0.299 e.